The Balaban J connectivity index is 1.47. The first kappa shape index (κ1) is 23.1. The maximum Gasteiger partial charge on any atom is 0.251 e. The second-order valence-corrected chi connectivity index (χ2v) is 8.98. The Labute approximate surface area is 200 Å². The topological polar surface area (TPSA) is 71.2 Å². The van der Waals surface area contributed by atoms with Crippen LogP contribution in [-0.4, -0.2) is 42.0 Å². The van der Waals surface area contributed by atoms with E-state index in [9.17, 15) is 4.79 Å². The lowest BCUT2D eigenvalue weighted by Crippen LogP contribution is -2.33. The van der Waals surface area contributed by atoms with E-state index in [2.05, 4.69) is 27.0 Å². The van der Waals surface area contributed by atoms with E-state index in [0.717, 1.165) is 34.9 Å². The standard InChI is InChI=1S/C27H29ClN4O/c1-19-6-7-21(27(33)30-12-5-15-32-13-3-2-4-14-32)16-20(19)9-11-24-25-17-23(28)10-8-22(25)18-31-26(24)29/h6-8,10,16-18H,2-5,12-15H2,1H3,(H2,29,31)(H,30,33). The van der Waals surface area contributed by atoms with Crippen molar-refractivity contribution < 1.29 is 4.79 Å². The first-order valence-corrected chi connectivity index (χ1v) is 11.9. The maximum atomic E-state index is 12.7. The normalized spacial score (nSPS) is 14.0. The molecule has 0 atom stereocenters. The molecule has 2 aromatic carbocycles. The van der Waals surface area contributed by atoms with Crippen LogP contribution in [0.1, 0.15) is 52.7 Å². The fraction of sp³-hybridized carbons (Fsp3) is 0.333. The molecule has 33 heavy (non-hydrogen) atoms. The molecule has 1 aliphatic rings. The summed E-state index contributed by atoms with van der Waals surface area (Å²) in [5.41, 5.74) is 9.14. The molecular weight excluding hydrogens is 432 g/mol. The molecule has 0 aliphatic carbocycles. The zero-order valence-corrected chi connectivity index (χ0v) is 19.7. The third-order valence-electron chi connectivity index (χ3n) is 6.09. The third kappa shape index (κ3) is 5.84. The molecule has 0 radical (unpaired) electrons. The maximum absolute atomic E-state index is 12.7. The van der Waals surface area contributed by atoms with Crippen molar-refractivity contribution in [3.8, 4) is 11.8 Å². The number of amides is 1. The lowest BCUT2D eigenvalue weighted by molar-refractivity contribution is 0.0951. The van der Waals surface area contributed by atoms with Crippen LogP contribution in [0, 0.1) is 18.8 Å². The molecule has 3 aromatic rings. The smallest absolute Gasteiger partial charge is 0.251 e. The summed E-state index contributed by atoms with van der Waals surface area (Å²) < 4.78 is 0. The van der Waals surface area contributed by atoms with Crippen molar-refractivity contribution in [3.05, 3.63) is 69.9 Å². The van der Waals surface area contributed by atoms with Crippen molar-refractivity contribution in [2.75, 3.05) is 31.9 Å². The largest absolute Gasteiger partial charge is 0.383 e. The number of piperidine rings is 1. The molecule has 0 spiro atoms. The van der Waals surface area contributed by atoms with E-state index in [-0.39, 0.29) is 5.91 Å². The van der Waals surface area contributed by atoms with Crippen LogP contribution < -0.4 is 11.1 Å². The lowest BCUT2D eigenvalue weighted by Gasteiger charge is -2.26. The number of likely N-dealkylation sites (tertiary alicyclic amines) is 1. The van der Waals surface area contributed by atoms with Crippen molar-refractivity contribution in [2.45, 2.75) is 32.6 Å². The number of nitrogens with two attached hydrogens (primary N) is 1. The van der Waals surface area contributed by atoms with E-state index in [1.54, 1.807) is 6.20 Å². The number of nitrogens with one attached hydrogen (secondary N) is 1. The average Bonchev–Trinajstić information content (AvgIpc) is 2.82. The van der Waals surface area contributed by atoms with E-state index in [0.29, 0.717) is 28.5 Å². The molecule has 4 rings (SSSR count). The minimum absolute atomic E-state index is 0.0742. The molecule has 2 heterocycles. The number of hydrogen-bond donors (Lipinski definition) is 2. The minimum atomic E-state index is -0.0742. The van der Waals surface area contributed by atoms with Gasteiger partial charge in [-0.15, -0.1) is 0 Å². The lowest BCUT2D eigenvalue weighted by atomic mass is 10.0. The number of aryl methyl sites for hydroxylation is 1. The molecule has 1 aliphatic heterocycles. The fourth-order valence-electron chi connectivity index (χ4n) is 4.15. The highest BCUT2D eigenvalue weighted by Crippen LogP contribution is 2.25. The van der Waals surface area contributed by atoms with Crippen LogP contribution in [0.5, 0.6) is 0 Å². The number of halogens is 1. The molecular formula is C27H29ClN4O. The van der Waals surface area contributed by atoms with E-state index in [4.69, 9.17) is 17.3 Å². The van der Waals surface area contributed by atoms with Gasteiger partial charge in [-0.05, 0) is 75.6 Å². The predicted molar refractivity (Wildman–Crippen MR) is 136 cm³/mol. The number of carbonyl (C=O) groups excluding carboxylic acids is 1. The molecule has 1 fully saturated rings. The van der Waals surface area contributed by atoms with Crippen LogP contribution in [0.2, 0.25) is 5.02 Å². The van der Waals surface area contributed by atoms with E-state index in [1.807, 2.05) is 43.3 Å². The Morgan fingerprint density at radius 3 is 2.79 bits per heavy atom. The van der Waals surface area contributed by atoms with Gasteiger partial charge in [0.25, 0.3) is 5.91 Å². The first-order chi connectivity index (χ1) is 16.0. The fourth-order valence-corrected chi connectivity index (χ4v) is 4.32. The van der Waals surface area contributed by atoms with Crippen LogP contribution >= 0.6 is 11.6 Å². The number of pyridine rings is 1. The van der Waals surface area contributed by atoms with Crippen LogP contribution in [0.25, 0.3) is 10.8 Å². The van der Waals surface area contributed by atoms with Gasteiger partial charge in [0.15, 0.2) is 0 Å². The number of nitrogen functional groups attached to an aromatic ring is 1. The summed E-state index contributed by atoms with van der Waals surface area (Å²) in [6.45, 7) is 6.04. The van der Waals surface area contributed by atoms with Gasteiger partial charge in [0, 0.05) is 39.7 Å². The average molecular weight is 461 g/mol. The third-order valence-corrected chi connectivity index (χ3v) is 6.33. The van der Waals surface area contributed by atoms with Gasteiger partial charge in [-0.2, -0.15) is 0 Å². The van der Waals surface area contributed by atoms with Crippen LogP contribution in [0.15, 0.2) is 42.6 Å². The molecule has 0 saturated carbocycles. The van der Waals surface area contributed by atoms with Crippen LogP contribution in [0.4, 0.5) is 5.82 Å². The second-order valence-electron chi connectivity index (χ2n) is 8.54. The zero-order valence-electron chi connectivity index (χ0n) is 19.0. The highest BCUT2D eigenvalue weighted by molar-refractivity contribution is 6.31. The Bertz CT molecular complexity index is 1220. The van der Waals surface area contributed by atoms with E-state index >= 15 is 0 Å². The molecule has 0 unspecified atom stereocenters. The highest BCUT2D eigenvalue weighted by atomic mass is 35.5. The van der Waals surface area contributed by atoms with Gasteiger partial charge in [-0.25, -0.2) is 4.98 Å². The molecule has 3 N–H and O–H groups in total. The molecule has 1 saturated heterocycles. The van der Waals surface area contributed by atoms with Gasteiger partial charge in [0.2, 0.25) is 0 Å². The summed E-state index contributed by atoms with van der Waals surface area (Å²) in [5, 5.41) is 5.44. The Hall–Kier alpha value is -3.07. The Morgan fingerprint density at radius 2 is 1.97 bits per heavy atom. The SMILES string of the molecule is Cc1ccc(C(=O)NCCCN2CCCCC2)cc1C#Cc1c(N)ncc2ccc(Cl)cc12. The number of carbonyl (C=O) groups is 1. The van der Waals surface area contributed by atoms with Gasteiger partial charge in [-0.1, -0.05) is 42.0 Å². The van der Waals surface area contributed by atoms with Crippen molar-refractivity contribution in [1.29, 1.82) is 0 Å². The quantitative estimate of drug-likeness (QED) is 0.424. The molecule has 170 valence electrons. The molecule has 1 amide bonds. The first-order valence-electron chi connectivity index (χ1n) is 11.5. The monoisotopic (exact) mass is 460 g/mol. The van der Waals surface area contributed by atoms with Crippen LogP contribution in [-0.2, 0) is 0 Å². The minimum Gasteiger partial charge on any atom is -0.383 e. The Morgan fingerprint density at radius 1 is 1.15 bits per heavy atom. The number of rotatable bonds is 5. The number of hydrogen-bond acceptors (Lipinski definition) is 4. The number of aromatic nitrogens is 1. The molecule has 6 heteroatoms. The zero-order chi connectivity index (χ0) is 23.2. The summed E-state index contributed by atoms with van der Waals surface area (Å²) in [4.78, 5) is 19.4. The van der Waals surface area contributed by atoms with Gasteiger partial charge in [0.05, 0.1) is 5.56 Å². The summed E-state index contributed by atoms with van der Waals surface area (Å²) in [7, 11) is 0. The van der Waals surface area contributed by atoms with Crippen molar-refractivity contribution in [1.82, 2.24) is 15.2 Å². The summed E-state index contributed by atoms with van der Waals surface area (Å²) in [6, 6.07) is 11.2. The van der Waals surface area contributed by atoms with Crippen LogP contribution in [0.3, 0.4) is 0 Å². The van der Waals surface area contributed by atoms with Crippen molar-refractivity contribution in [2.24, 2.45) is 0 Å². The second kappa shape index (κ2) is 10.7. The summed E-state index contributed by atoms with van der Waals surface area (Å²) >= 11 is 6.18. The summed E-state index contributed by atoms with van der Waals surface area (Å²) in [6.07, 6.45) is 6.58. The molecule has 5 nitrogen and oxygen atoms in total. The van der Waals surface area contributed by atoms with Crippen molar-refractivity contribution >= 4 is 34.1 Å². The molecule has 1 aromatic heterocycles. The van der Waals surface area contributed by atoms with E-state index < -0.39 is 0 Å². The Kier molecular flexibility index (Phi) is 7.49. The van der Waals surface area contributed by atoms with Gasteiger partial charge in [-0.3, -0.25) is 4.79 Å². The summed E-state index contributed by atoms with van der Waals surface area (Å²) in [5.74, 6) is 6.63. The van der Waals surface area contributed by atoms with Crippen molar-refractivity contribution in [3.63, 3.8) is 0 Å². The highest BCUT2D eigenvalue weighted by Gasteiger charge is 2.11. The van der Waals surface area contributed by atoms with Gasteiger partial charge < -0.3 is 16.0 Å². The van der Waals surface area contributed by atoms with Gasteiger partial charge in [0.1, 0.15) is 5.82 Å². The number of nitrogens with zero attached hydrogens (tertiary/aromatic N) is 2. The number of fused-ring (bicyclic) bond motifs is 1. The van der Waals surface area contributed by atoms with Gasteiger partial charge >= 0.3 is 0 Å². The number of benzene rings is 2. The predicted octanol–water partition coefficient (Wildman–Crippen LogP) is 4.78. The van der Waals surface area contributed by atoms with E-state index in [1.165, 1.54) is 32.4 Å². The number of anilines is 1. The molecule has 0 bridgehead atoms.